The highest BCUT2D eigenvalue weighted by atomic mass is 32.2. The molecule has 1 aliphatic heterocycles. The number of benzene rings is 2. The molecule has 152 valence electrons. The predicted octanol–water partition coefficient (Wildman–Crippen LogP) is 2.92. The summed E-state index contributed by atoms with van der Waals surface area (Å²) in [5, 5.41) is 2.86. The molecule has 0 fully saturated rings. The first kappa shape index (κ1) is 20.9. The van der Waals surface area contributed by atoms with E-state index in [9.17, 15) is 14.4 Å². The van der Waals surface area contributed by atoms with E-state index in [1.165, 1.54) is 16.7 Å². The Morgan fingerprint density at radius 1 is 1.10 bits per heavy atom. The normalized spacial score (nSPS) is 13.0. The summed E-state index contributed by atoms with van der Waals surface area (Å²) in [6, 6.07) is 15.0. The van der Waals surface area contributed by atoms with Gasteiger partial charge in [-0.15, -0.1) is 11.8 Å². The average Bonchev–Trinajstić information content (AvgIpc) is 2.75. The summed E-state index contributed by atoms with van der Waals surface area (Å²) in [4.78, 5) is 41.8. The van der Waals surface area contributed by atoms with Gasteiger partial charge in [-0.3, -0.25) is 14.4 Å². The van der Waals surface area contributed by atoms with Crippen molar-refractivity contribution in [2.75, 3.05) is 30.3 Å². The zero-order valence-electron chi connectivity index (χ0n) is 16.7. The third-order valence-corrected chi connectivity index (χ3v) is 5.88. The summed E-state index contributed by atoms with van der Waals surface area (Å²) in [5.41, 5.74) is 2.14. The number of rotatable bonds is 7. The molecular weight excluding hydrogens is 386 g/mol. The van der Waals surface area contributed by atoms with Crippen molar-refractivity contribution in [1.29, 1.82) is 0 Å². The number of thioether (sulfide) groups is 1. The lowest BCUT2D eigenvalue weighted by atomic mass is 10.1. The Kier molecular flexibility index (Phi) is 6.93. The van der Waals surface area contributed by atoms with Crippen LogP contribution in [0.15, 0.2) is 53.4 Å². The van der Waals surface area contributed by atoms with Crippen molar-refractivity contribution in [2.45, 2.75) is 25.3 Å². The van der Waals surface area contributed by atoms with Crippen LogP contribution in [0.2, 0.25) is 0 Å². The van der Waals surface area contributed by atoms with Gasteiger partial charge < -0.3 is 15.1 Å². The lowest BCUT2D eigenvalue weighted by Crippen LogP contribution is -2.43. The fourth-order valence-electron chi connectivity index (χ4n) is 3.20. The van der Waals surface area contributed by atoms with Gasteiger partial charge in [-0.25, -0.2) is 0 Å². The summed E-state index contributed by atoms with van der Waals surface area (Å²) in [7, 11) is 0. The number of carbonyl (C=O) groups is 3. The van der Waals surface area contributed by atoms with Crippen LogP contribution in [0.5, 0.6) is 0 Å². The van der Waals surface area contributed by atoms with E-state index in [-0.39, 0.29) is 30.0 Å². The van der Waals surface area contributed by atoms with E-state index in [0.29, 0.717) is 30.9 Å². The molecule has 2 aromatic rings. The van der Waals surface area contributed by atoms with Gasteiger partial charge in [0.05, 0.1) is 11.4 Å². The van der Waals surface area contributed by atoms with Crippen LogP contribution in [0.25, 0.3) is 0 Å². The standard InChI is InChI=1S/C22H25N3O3S/c1-3-24(4-2)22(28)17-10-11-19-18(12-17)25(21(27)15-29-19)14-20(26)23-13-16-8-6-5-7-9-16/h5-12H,3-4,13-15H2,1-2H3,(H,23,26). The topological polar surface area (TPSA) is 69.7 Å². The number of amides is 3. The SMILES string of the molecule is CCN(CC)C(=O)c1ccc2c(c1)N(CC(=O)NCc1ccccc1)C(=O)CS2. The second-order valence-corrected chi connectivity index (χ2v) is 7.71. The number of anilines is 1. The van der Waals surface area contributed by atoms with Crippen LogP contribution in [0.1, 0.15) is 29.8 Å². The highest BCUT2D eigenvalue weighted by Crippen LogP contribution is 2.36. The van der Waals surface area contributed by atoms with Gasteiger partial charge in [0.1, 0.15) is 6.54 Å². The minimum atomic E-state index is -0.236. The molecule has 0 spiro atoms. The number of carbonyl (C=O) groups excluding carboxylic acids is 3. The lowest BCUT2D eigenvalue weighted by molar-refractivity contribution is -0.123. The Balaban J connectivity index is 1.76. The van der Waals surface area contributed by atoms with E-state index in [2.05, 4.69) is 5.32 Å². The molecule has 3 amide bonds. The minimum Gasteiger partial charge on any atom is -0.350 e. The Hall–Kier alpha value is -2.80. The van der Waals surface area contributed by atoms with E-state index in [0.717, 1.165) is 10.5 Å². The van der Waals surface area contributed by atoms with Gasteiger partial charge >= 0.3 is 0 Å². The van der Waals surface area contributed by atoms with Crippen molar-refractivity contribution < 1.29 is 14.4 Å². The zero-order valence-corrected chi connectivity index (χ0v) is 17.5. The van der Waals surface area contributed by atoms with Gasteiger partial charge in [-0.05, 0) is 37.6 Å². The van der Waals surface area contributed by atoms with Crippen LogP contribution in [0.4, 0.5) is 5.69 Å². The van der Waals surface area contributed by atoms with Gasteiger partial charge in [-0.2, -0.15) is 0 Å². The number of fused-ring (bicyclic) bond motifs is 1. The maximum absolute atomic E-state index is 12.7. The maximum Gasteiger partial charge on any atom is 0.253 e. The molecule has 0 aromatic heterocycles. The third-order valence-electron chi connectivity index (χ3n) is 4.83. The van der Waals surface area contributed by atoms with Crippen molar-refractivity contribution in [1.82, 2.24) is 10.2 Å². The molecule has 0 radical (unpaired) electrons. The van der Waals surface area contributed by atoms with Gasteiger partial charge in [0, 0.05) is 30.1 Å². The van der Waals surface area contributed by atoms with Crippen LogP contribution >= 0.6 is 11.8 Å². The minimum absolute atomic E-state index is 0.0673. The molecule has 0 saturated heterocycles. The molecule has 0 saturated carbocycles. The molecule has 1 N–H and O–H groups in total. The van der Waals surface area contributed by atoms with Crippen molar-refractivity contribution in [3.63, 3.8) is 0 Å². The van der Waals surface area contributed by atoms with E-state index >= 15 is 0 Å². The van der Waals surface area contributed by atoms with E-state index in [1.807, 2.05) is 50.2 Å². The van der Waals surface area contributed by atoms with Gasteiger partial charge in [0.25, 0.3) is 5.91 Å². The fourth-order valence-corrected chi connectivity index (χ4v) is 4.11. The molecule has 6 nitrogen and oxygen atoms in total. The second-order valence-electron chi connectivity index (χ2n) is 6.69. The molecule has 1 aliphatic rings. The molecule has 0 aliphatic carbocycles. The van der Waals surface area contributed by atoms with Gasteiger partial charge in [0.2, 0.25) is 11.8 Å². The summed E-state index contributed by atoms with van der Waals surface area (Å²) in [6.45, 7) is 5.44. The van der Waals surface area contributed by atoms with E-state index in [4.69, 9.17) is 0 Å². The number of hydrogen-bond donors (Lipinski definition) is 1. The molecule has 2 aromatic carbocycles. The summed E-state index contributed by atoms with van der Waals surface area (Å²) in [5.74, 6) is -0.165. The Bertz CT molecular complexity index is 897. The first-order valence-electron chi connectivity index (χ1n) is 9.70. The number of hydrogen-bond acceptors (Lipinski definition) is 4. The molecule has 0 atom stereocenters. The van der Waals surface area contributed by atoms with Crippen molar-refractivity contribution in [3.8, 4) is 0 Å². The smallest absolute Gasteiger partial charge is 0.253 e. The molecule has 7 heteroatoms. The third kappa shape index (κ3) is 4.98. The van der Waals surface area contributed by atoms with Crippen molar-refractivity contribution in [3.05, 3.63) is 59.7 Å². The molecule has 3 rings (SSSR count). The lowest BCUT2D eigenvalue weighted by Gasteiger charge is -2.29. The van der Waals surface area contributed by atoms with Gasteiger partial charge in [0.15, 0.2) is 0 Å². The molecule has 0 bridgehead atoms. The Morgan fingerprint density at radius 3 is 2.52 bits per heavy atom. The number of nitrogens with zero attached hydrogens (tertiary/aromatic N) is 2. The largest absolute Gasteiger partial charge is 0.350 e. The highest BCUT2D eigenvalue weighted by Gasteiger charge is 2.28. The molecule has 0 unspecified atom stereocenters. The summed E-state index contributed by atoms with van der Waals surface area (Å²) in [6.07, 6.45) is 0. The molecular formula is C22H25N3O3S. The van der Waals surface area contributed by atoms with Crippen LogP contribution in [-0.4, -0.2) is 48.0 Å². The quantitative estimate of drug-likeness (QED) is 0.761. The average molecular weight is 412 g/mol. The highest BCUT2D eigenvalue weighted by molar-refractivity contribution is 8.00. The summed E-state index contributed by atoms with van der Waals surface area (Å²) < 4.78 is 0. The molecule has 1 heterocycles. The first-order valence-corrected chi connectivity index (χ1v) is 10.7. The van der Waals surface area contributed by atoms with Gasteiger partial charge in [-0.1, -0.05) is 30.3 Å². The molecule has 29 heavy (non-hydrogen) atoms. The first-order chi connectivity index (χ1) is 14.0. The summed E-state index contributed by atoms with van der Waals surface area (Å²) >= 11 is 1.43. The van der Waals surface area contributed by atoms with Crippen LogP contribution < -0.4 is 10.2 Å². The Labute approximate surface area is 175 Å². The van der Waals surface area contributed by atoms with Crippen LogP contribution in [0, 0.1) is 0 Å². The van der Waals surface area contributed by atoms with Crippen molar-refractivity contribution in [2.24, 2.45) is 0 Å². The predicted molar refractivity (Wildman–Crippen MR) is 115 cm³/mol. The van der Waals surface area contributed by atoms with Crippen LogP contribution in [0.3, 0.4) is 0 Å². The van der Waals surface area contributed by atoms with Crippen molar-refractivity contribution >= 4 is 35.2 Å². The maximum atomic E-state index is 12.7. The van der Waals surface area contributed by atoms with E-state index in [1.54, 1.807) is 17.0 Å². The monoisotopic (exact) mass is 411 g/mol. The van der Waals surface area contributed by atoms with E-state index < -0.39 is 0 Å². The fraction of sp³-hybridized carbons (Fsp3) is 0.318. The second kappa shape index (κ2) is 9.60. The zero-order chi connectivity index (χ0) is 20.8. The van der Waals surface area contributed by atoms with Crippen LogP contribution in [-0.2, 0) is 16.1 Å². The Morgan fingerprint density at radius 2 is 1.83 bits per heavy atom. The number of nitrogens with one attached hydrogen (secondary N) is 1.